The predicted octanol–water partition coefficient (Wildman–Crippen LogP) is 3.78. The summed E-state index contributed by atoms with van der Waals surface area (Å²) in [4.78, 5) is 15.9. The average molecular weight is 271 g/mol. The van der Waals surface area contributed by atoms with E-state index in [4.69, 9.17) is 11.6 Å². The number of carbonyl (C=O) groups excluding carboxylic acids is 1. The van der Waals surface area contributed by atoms with E-state index in [0.29, 0.717) is 16.4 Å². The summed E-state index contributed by atoms with van der Waals surface area (Å²) < 4.78 is 1.80. The second-order valence-electron chi connectivity index (χ2n) is 4.41. The van der Waals surface area contributed by atoms with Crippen molar-refractivity contribution in [2.45, 2.75) is 6.92 Å². The van der Waals surface area contributed by atoms with Gasteiger partial charge in [0, 0.05) is 16.8 Å². The topological polar surface area (TPSA) is 34.4 Å². The number of benzene rings is 1. The maximum absolute atomic E-state index is 11.4. The summed E-state index contributed by atoms with van der Waals surface area (Å²) in [7, 11) is 0. The highest BCUT2D eigenvalue weighted by Crippen LogP contribution is 2.25. The zero-order valence-corrected chi connectivity index (χ0v) is 11.1. The van der Waals surface area contributed by atoms with Crippen LogP contribution in [0.4, 0.5) is 0 Å². The lowest BCUT2D eigenvalue weighted by Crippen LogP contribution is -1.93. The van der Waals surface area contributed by atoms with Gasteiger partial charge in [0.05, 0.1) is 0 Å². The van der Waals surface area contributed by atoms with E-state index in [1.54, 1.807) is 10.5 Å². The summed E-state index contributed by atoms with van der Waals surface area (Å²) in [5.41, 5.74) is 3.87. The van der Waals surface area contributed by atoms with Gasteiger partial charge in [-0.1, -0.05) is 29.8 Å². The van der Waals surface area contributed by atoms with Crippen molar-refractivity contribution in [2.24, 2.45) is 0 Å². The number of carbonyl (C=O) groups is 1. The van der Waals surface area contributed by atoms with Gasteiger partial charge in [-0.15, -0.1) is 0 Å². The maximum Gasteiger partial charge on any atom is 0.169 e. The van der Waals surface area contributed by atoms with Crippen molar-refractivity contribution in [1.29, 1.82) is 0 Å². The zero-order chi connectivity index (χ0) is 13.4. The molecule has 94 valence electrons. The van der Waals surface area contributed by atoms with Gasteiger partial charge in [-0.25, -0.2) is 4.98 Å². The Hall–Kier alpha value is -2.13. The van der Waals surface area contributed by atoms with E-state index in [-0.39, 0.29) is 0 Å². The molecule has 4 heteroatoms. The predicted molar refractivity (Wildman–Crippen MR) is 75.8 cm³/mol. The molecule has 0 unspecified atom stereocenters. The summed E-state index contributed by atoms with van der Waals surface area (Å²) in [6.45, 7) is 1.98. The van der Waals surface area contributed by atoms with Crippen LogP contribution in [-0.4, -0.2) is 15.7 Å². The summed E-state index contributed by atoms with van der Waals surface area (Å²) in [5, 5.41) is 0.627. The van der Waals surface area contributed by atoms with Crippen molar-refractivity contribution in [2.75, 3.05) is 0 Å². The summed E-state index contributed by atoms with van der Waals surface area (Å²) in [6.07, 6.45) is 2.73. The normalized spacial score (nSPS) is 10.8. The van der Waals surface area contributed by atoms with Crippen molar-refractivity contribution in [3.8, 4) is 11.3 Å². The molecule has 0 spiro atoms. The van der Waals surface area contributed by atoms with Gasteiger partial charge in [0.2, 0.25) is 0 Å². The number of pyridine rings is 1. The van der Waals surface area contributed by atoms with E-state index in [1.807, 2.05) is 43.5 Å². The van der Waals surface area contributed by atoms with Crippen LogP contribution in [0.2, 0.25) is 5.02 Å². The van der Waals surface area contributed by atoms with Crippen molar-refractivity contribution in [3.05, 3.63) is 58.9 Å². The number of aromatic nitrogens is 2. The van der Waals surface area contributed by atoms with Gasteiger partial charge in [0.25, 0.3) is 0 Å². The van der Waals surface area contributed by atoms with E-state index in [0.717, 1.165) is 23.1 Å². The highest BCUT2D eigenvalue weighted by molar-refractivity contribution is 6.30. The molecule has 0 saturated heterocycles. The number of hydrogen-bond acceptors (Lipinski definition) is 2. The molecule has 0 aliphatic heterocycles. The first-order valence-corrected chi connectivity index (χ1v) is 6.26. The number of fused-ring (bicyclic) bond motifs is 1. The van der Waals surface area contributed by atoms with Crippen molar-refractivity contribution >= 4 is 23.5 Å². The average Bonchev–Trinajstić information content (AvgIpc) is 2.76. The summed E-state index contributed by atoms with van der Waals surface area (Å²) in [6, 6.07) is 11.2. The van der Waals surface area contributed by atoms with Gasteiger partial charge in [-0.05, 0) is 30.7 Å². The van der Waals surface area contributed by atoms with Crippen LogP contribution in [0.5, 0.6) is 0 Å². The maximum atomic E-state index is 11.4. The van der Waals surface area contributed by atoms with Gasteiger partial charge >= 0.3 is 0 Å². The molecule has 0 fully saturated rings. The van der Waals surface area contributed by atoms with Crippen molar-refractivity contribution in [3.63, 3.8) is 0 Å². The second-order valence-corrected chi connectivity index (χ2v) is 4.84. The molecule has 3 rings (SSSR count). The van der Waals surface area contributed by atoms with Crippen LogP contribution >= 0.6 is 11.6 Å². The fraction of sp³-hybridized carbons (Fsp3) is 0.0667. The second kappa shape index (κ2) is 4.52. The van der Waals surface area contributed by atoms with Gasteiger partial charge in [0.1, 0.15) is 17.0 Å². The van der Waals surface area contributed by atoms with Crippen molar-refractivity contribution < 1.29 is 4.79 Å². The lowest BCUT2D eigenvalue weighted by molar-refractivity contribution is 0.111. The lowest BCUT2D eigenvalue weighted by Gasteiger charge is -1.99. The van der Waals surface area contributed by atoms with Crippen molar-refractivity contribution in [1.82, 2.24) is 9.38 Å². The quantitative estimate of drug-likeness (QED) is 0.664. The molecule has 1 aromatic carbocycles. The highest BCUT2D eigenvalue weighted by Gasteiger charge is 2.13. The van der Waals surface area contributed by atoms with Crippen LogP contribution in [-0.2, 0) is 0 Å². The fourth-order valence-electron chi connectivity index (χ4n) is 2.13. The first-order valence-electron chi connectivity index (χ1n) is 5.89. The first-order chi connectivity index (χ1) is 9.19. The minimum absolute atomic E-state index is 0.543. The standard InChI is InChI=1S/C15H11ClN2O/c1-10-5-6-14-17-15(13(9-19)18(14)8-10)11-3-2-4-12(16)7-11/h2-9H,1H3. The molecule has 0 aliphatic carbocycles. The number of rotatable bonds is 2. The fourth-order valence-corrected chi connectivity index (χ4v) is 2.32. The van der Waals surface area contributed by atoms with E-state index < -0.39 is 0 Å². The van der Waals surface area contributed by atoms with Crippen LogP contribution in [0.15, 0.2) is 42.6 Å². The Balaban J connectivity index is 2.32. The minimum atomic E-state index is 0.543. The van der Waals surface area contributed by atoms with Gasteiger partial charge in [-0.3, -0.25) is 9.20 Å². The van der Waals surface area contributed by atoms with Crippen LogP contribution < -0.4 is 0 Å². The molecule has 0 atom stereocenters. The Morgan fingerprint density at radius 1 is 1.26 bits per heavy atom. The lowest BCUT2D eigenvalue weighted by atomic mass is 10.1. The highest BCUT2D eigenvalue weighted by atomic mass is 35.5. The molecule has 0 saturated carbocycles. The van der Waals surface area contributed by atoms with Crippen LogP contribution in [0.3, 0.4) is 0 Å². The number of halogens is 1. The molecule has 0 aliphatic rings. The molecule has 0 bridgehead atoms. The molecule has 0 radical (unpaired) electrons. The monoisotopic (exact) mass is 270 g/mol. The largest absolute Gasteiger partial charge is 0.296 e. The van der Waals surface area contributed by atoms with Gasteiger partial charge in [0.15, 0.2) is 6.29 Å². The molecule has 19 heavy (non-hydrogen) atoms. The van der Waals surface area contributed by atoms with E-state index in [1.165, 1.54) is 0 Å². The zero-order valence-electron chi connectivity index (χ0n) is 10.3. The number of aldehydes is 1. The third-order valence-electron chi connectivity index (χ3n) is 3.01. The van der Waals surface area contributed by atoms with E-state index >= 15 is 0 Å². The van der Waals surface area contributed by atoms with Gasteiger partial charge < -0.3 is 0 Å². The Morgan fingerprint density at radius 3 is 2.84 bits per heavy atom. The molecule has 2 heterocycles. The van der Waals surface area contributed by atoms with Crippen LogP contribution in [0.25, 0.3) is 16.9 Å². The Kier molecular flexibility index (Phi) is 2.84. The van der Waals surface area contributed by atoms with E-state index in [9.17, 15) is 4.79 Å². The van der Waals surface area contributed by atoms with Crippen LogP contribution in [0.1, 0.15) is 16.1 Å². The SMILES string of the molecule is Cc1ccc2nc(-c3cccc(Cl)c3)c(C=O)n2c1. The number of nitrogens with zero attached hydrogens (tertiary/aromatic N) is 2. The first kappa shape index (κ1) is 11.9. The smallest absolute Gasteiger partial charge is 0.169 e. The number of aryl methyl sites for hydroxylation is 1. The molecule has 0 N–H and O–H groups in total. The van der Waals surface area contributed by atoms with Gasteiger partial charge in [-0.2, -0.15) is 0 Å². The molecule has 3 nitrogen and oxygen atoms in total. The molecular formula is C15H11ClN2O. The molecular weight excluding hydrogens is 260 g/mol. The molecule has 0 amide bonds. The summed E-state index contributed by atoms with van der Waals surface area (Å²) >= 11 is 5.99. The Bertz CT molecular complexity index is 777. The molecule has 2 aromatic heterocycles. The summed E-state index contributed by atoms with van der Waals surface area (Å²) in [5.74, 6) is 0. The minimum Gasteiger partial charge on any atom is -0.296 e. The van der Waals surface area contributed by atoms with E-state index in [2.05, 4.69) is 4.98 Å². The number of imidazole rings is 1. The Morgan fingerprint density at radius 2 is 2.11 bits per heavy atom. The third kappa shape index (κ3) is 2.02. The number of hydrogen-bond donors (Lipinski definition) is 0. The Labute approximate surface area is 115 Å². The van der Waals surface area contributed by atoms with Crippen LogP contribution in [0, 0.1) is 6.92 Å². The molecule has 3 aromatic rings. The third-order valence-corrected chi connectivity index (χ3v) is 3.25.